The number of nitrogens with zero attached hydrogens (tertiary/aromatic N) is 1. The normalized spacial score (nSPS) is 10.4. The van der Waals surface area contributed by atoms with Gasteiger partial charge in [-0.25, -0.2) is 0 Å². The summed E-state index contributed by atoms with van der Waals surface area (Å²) in [5.41, 5.74) is 13.4. The highest BCUT2D eigenvalue weighted by atomic mass is 35.5. The van der Waals surface area contributed by atoms with Gasteiger partial charge in [0.15, 0.2) is 25.1 Å². The van der Waals surface area contributed by atoms with Gasteiger partial charge in [0.2, 0.25) is 0 Å². The minimum Gasteiger partial charge on any atom is -0.508 e. The quantitative estimate of drug-likeness (QED) is 0.0108. The fourth-order valence-electron chi connectivity index (χ4n) is 10.6. The van der Waals surface area contributed by atoms with E-state index in [1.165, 1.54) is 6.21 Å². The Morgan fingerprint density at radius 3 is 0.964 bits per heavy atom. The number of carbonyl (C=O) groups excluding carboxylic acids is 4. The highest BCUT2D eigenvalue weighted by Gasteiger charge is 2.48. The highest BCUT2D eigenvalue weighted by molar-refractivity contribution is 7.88. The van der Waals surface area contributed by atoms with Crippen molar-refractivity contribution in [1.29, 1.82) is 0 Å². The van der Waals surface area contributed by atoms with Crippen LogP contribution in [0.3, 0.4) is 0 Å². The number of ether oxygens (including phenoxy) is 4. The molecule has 5 N–H and O–H groups in total. The minimum atomic E-state index is -5.73. The third-order valence-electron chi connectivity index (χ3n) is 16.2. The Hall–Kier alpha value is -10.9. The second-order valence-electron chi connectivity index (χ2n) is 23.5. The van der Waals surface area contributed by atoms with Gasteiger partial charge >= 0.3 is 22.7 Å². The molecular weight excluding hydrogens is 1540 g/mol. The summed E-state index contributed by atoms with van der Waals surface area (Å²) in [6.45, 7) is 19.7. The van der Waals surface area contributed by atoms with Crippen molar-refractivity contribution in [2.24, 2.45) is 5.16 Å². The first-order chi connectivity index (χ1) is 53.3. The van der Waals surface area contributed by atoms with Gasteiger partial charge in [0.05, 0.1) is 54.7 Å². The van der Waals surface area contributed by atoms with E-state index in [0.29, 0.717) is 49.1 Å². The van der Waals surface area contributed by atoms with Crippen LogP contribution in [0, 0.1) is 41.5 Å². The Bertz CT molecular complexity index is 5180. The number of halogens is 7. The van der Waals surface area contributed by atoms with Crippen LogP contribution >= 0.6 is 46.4 Å². The first-order valence-corrected chi connectivity index (χ1v) is 37.1. The number of aryl methyl sites for hydroxylation is 6. The lowest BCUT2D eigenvalue weighted by Crippen LogP contribution is -2.31. The van der Waals surface area contributed by atoms with Crippen molar-refractivity contribution < 1.29 is 89.4 Å². The summed E-state index contributed by atoms with van der Waals surface area (Å²) in [5.74, 6) is 3.04. The molecule has 11 rings (SSSR count). The van der Waals surface area contributed by atoms with Gasteiger partial charge in [-0.05, 0) is 257 Å². The molecule has 0 amide bonds. The monoisotopic (exact) mass is 1630 g/mol. The molecule has 588 valence electrons. The minimum absolute atomic E-state index is 0.00317. The third kappa shape index (κ3) is 26.6. The van der Waals surface area contributed by atoms with Crippen molar-refractivity contribution in [2.75, 3.05) is 28.4 Å². The first-order valence-electron chi connectivity index (χ1n) is 34.1. The second kappa shape index (κ2) is 45.4. The van der Waals surface area contributed by atoms with Crippen LogP contribution in [0.2, 0.25) is 20.1 Å². The first kappa shape index (κ1) is 93.4. The molecule has 17 nitrogen and oxygen atoms in total. The number of benzene rings is 11. The summed E-state index contributed by atoms with van der Waals surface area (Å²) in [4.78, 5) is 43.3. The molecule has 11 aromatic rings. The van der Waals surface area contributed by atoms with E-state index in [1.807, 2.05) is 146 Å². The van der Waals surface area contributed by atoms with Crippen LogP contribution in [-0.2, 0) is 10.1 Å². The Labute approximate surface area is 671 Å². The zero-order valence-electron chi connectivity index (χ0n) is 63.7. The molecule has 0 heterocycles. The molecule has 0 spiro atoms. The molecule has 112 heavy (non-hydrogen) atoms. The van der Waals surface area contributed by atoms with Crippen molar-refractivity contribution in [2.45, 2.75) is 74.7 Å². The van der Waals surface area contributed by atoms with Crippen LogP contribution in [0.1, 0.15) is 108 Å². The van der Waals surface area contributed by atoms with Gasteiger partial charge in [-0.15, -0.1) is 0 Å². The average Bonchev–Trinajstić information content (AvgIpc) is 0.798. The average molecular weight is 1630 g/mol. The van der Waals surface area contributed by atoms with E-state index in [-0.39, 0.29) is 22.1 Å². The Balaban J connectivity index is 0.000000284. The third-order valence-corrected chi connectivity index (χ3v) is 18.5. The van der Waals surface area contributed by atoms with E-state index in [0.717, 1.165) is 149 Å². The van der Waals surface area contributed by atoms with Crippen molar-refractivity contribution in [3.8, 4) is 95.9 Å². The molecule has 26 heteroatoms. The van der Waals surface area contributed by atoms with Gasteiger partial charge in [0.1, 0.15) is 40.2 Å². The topological polar surface area (TPSA) is 262 Å². The predicted molar refractivity (Wildman–Crippen MR) is 443 cm³/mol. The summed E-state index contributed by atoms with van der Waals surface area (Å²) in [6.07, 6.45) is 4.05. The highest BCUT2D eigenvalue weighted by Crippen LogP contribution is 2.37. The van der Waals surface area contributed by atoms with Gasteiger partial charge in [-0.1, -0.05) is 152 Å². The molecule has 0 fully saturated rings. The van der Waals surface area contributed by atoms with Crippen LogP contribution in [0.4, 0.5) is 13.2 Å². The van der Waals surface area contributed by atoms with Crippen LogP contribution in [0.5, 0.6) is 40.2 Å². The lowest BCUT2D eigenvalue weighted by Gasteiger charge is -2.14. The van der Waals surface area contributed by atoms with Crippen LogP contribution in [-0.4, -0.2) is 106 Å². The molecular formula is C86H85BCl4F3NO16S. The fourth-order valence-corrected chi connectivity index (χ4v) is 11.9. The molecule has 0 unspecified atom stereocenters. The van der Waals surface area contributed by atoms with E-state index in [4.69, 9.17) is 80.6 Å². The maximum absolute atomic E-state index is 12.0. The molecule has 11 aromatic carbocycles. The van der Waals surface area contributed by atoms with E-state index < -0.39 is 28.5 Å². The molecule has 0 saturated carbocycles. The van der Waals surface area contributed by atoms with E-state index in [1.54, 1.807) is 114 Å². The molecule has 0 saturated heterocycles. The van der Waals surface area contributed by atoms with Crippen molar-refractivity contribution in [3.05, 3.63) is 281 Å². The molecule has 0 aromatic heterocycles. The number of aromatic hydroxyl groups is 2. The standard InChI is InChI=1S/C23H22O3.C15H13ClO2.C14H12ClNO2.C14H11ClO2.C8H11BO3.C8H4ClF3O4S.2C2H6/c1-15-11-19(25-3)7-9-21(15)17-5-6-18(14-24)23(13-17)22-10-8-20(26-4)12-16(22)2;1-10-7-13(18-2)5-6-14(10)11-3-4-12(9-17)15(16)8-11;1-9-6-12(17)4-5-13(9)10-2-3-11(8-16-18)14(15)7-10;1-9-6-12(17)4-5-13(9)10-2-3-11(8-16)14(15)7-10;1-6-5-7(12-2)3-4-8(6)9(10)11;9-7-3-6(2-1-5(7)4-13)16-17(14,15)8(10,11)12;2*1-2/h5-14H,1-4H3;3-9H,1-2H3;2-8,17-18H,1H3;2-8,17H,1H3;3-5,10-11H,1-2H3;1-4H;2*1-2H3/b;;16-8+;;;;;. The van der Waals surface area contributed by atoms with Gasteiger partial charge in [-0.3, -0.25) is 19.2 Å². The van der Waals surface area contributed by atoms with Crippen molar-refractivity contribution in [1.82, 2.24) is 0 Å². The number of hydrogen-bond donors (Lipinski definition) is 5. The molecule has 0 atom stereocenters. The molecule has 0 bridgehead atoms. The summed E-state index contributed by atoms with van der Waals surface area (Å²) in [5, 5.41) is 49.1. The van der Waals surface area contributed by atoms with E-state index in [9.17, 15) is 51.0 Å². The number of phenols is 2. The lowest BCUT2D eigenvalue weighted by molar-refractivity contribution is -0.0500. The smallest absolute Gasteiger partial charge is 0.508 e. The number of methoxy groups -OCH3 is 4. The maximum atomic E-state index is 12.0. The van der Waals surface area contributed by atoms with Crippen molar-refractivity contribution >= 4 is 100 Å². The van der Waals surface area contributed by atoms with Gasteiger partial charge in [0.25, 0.3) is 0 Å². The van der Waals surface area contributed by atoms with Crippen LogP contribution in [0.15, 0.2) is 205 Å². The summed E-state index contributed by atoms with van der Waals surface area (Å²) in [6, 6.07) is 58.1. The fraction of sp³-hybridized carbons (Fsp3) is 0.174. The second-order valence-corrected chi connectivity index (χ2v) is 26.7. The SMILES string of the molecule is CC.CC.COc1ccc(-c2ccc(C=O)c(-c3ccc(OC)cc3C)c2)c(C)c1.COc1ccc(-c2ccc(C=O)c(Cl)c2)c(C)c1.COc1ccc(B(O)O)c(C)c1.Cc1cc(O)ccc1-c1ccc(/C=N/O)c(Cl)c1.Cc1cc(O)ccc1-c1ccc(C=O)c(Cl)c1.O=Cc1ccc(OS(=O)(=O)C(F)(F)F)cc1Cl. The molecule has 0 aliphatic carbocycles. The largest absolute Gasteiger partial charge is 0.534 e. The van der Waals surface area contributed by atoms with Crippen LogP contribution in [0.25, 0.3) is 55.6 Å². The number of carbonyl (C=O) groups is 4. The van der Waals surface area contributed by atoms with Gasteiger partial charge in [0, 0.05) is 33.9 Å². The molecule has 0 aliphatic heterocycles. The van der Waals surface area contributed by atoms with E-state index >= 15 is 0 Å². The lowest BCUT2D eigenvalue weighted by atomic mass is 9.77. The van der Waals surface area contributed by atoms with Crippen molar-refractivity contribution in [3.63, 3.8) is 0 Å². The zero-order valence-corrected chi connectivity index (χ0v) is 67.6. The summed E-state index contributed by atoms with van der Waals surface area (Å²) in [7, 11) is -0.609. The predicted octanol–water partition coefficient (Wildman–Crippen LogP) is 21.4. The van der Waals surface area contributed by atoms with Gasteiger partial charge < -0.3 is 48.6 Å². The number of oxime groups is 1. The van der Waals surface area contributed by atoms with Crippen LogP contribution < -0.4 is 28.6 Å². The Morgan fingerprint density at radius 2 is 0.661 bits per heavy atom. The molecule has 0 radical (unpaired) electrons. The molecule has 0 aliphatic rings. The van der Waals surface area contributed by atoms with E-state index in [2.05, 4.69) is 28.4 Å². The summed E-state index contributed by atoms with van der Waals surface area (Å²) < 4.78 is 81.7. The Kier molecular flexibility index (Phi) is 37.9. The Morgan fingerprint density at radius 1 is 0.366 bits per heavy atom. The number of hydrogen-bond acceptors (Lipinski definition) is 17. The maximum Gasteiger partial charge on any atom is 0.534 e. The number of rotatable bonds is 17. The number of phenolic OH excluding ortho intramolecular Hbond substituents is 2. The number of aldehydes is 4. The number of alkyl halides is 3. The summed E-state index contributed by atoms with van der Waals surface area (Å²) >= 11 is 23.6. The zero-order chi connectivity index (χ0) is 83.7. The van der Waals surface area contributed by atoms with Gasteiger partial charge in [-0.2, -0.15) is 21.6 Å².